The first-order valence-corrected chi connectivity index (χ1v) is 9.94. The molecular weight excluding hydrogens is 354 g/mol. The van der Waals surface area contributed by atoms with Gasteiger partial charge in [-0.05, 0) is 30.4 Å². The molecule has 2 aromatic heterocycles. The lowest BCUT2D eigenvalue weighted by molar-refractivity contribution is -0.121. The second-order valence-electron chi connectivity index (χ2n) is 7.29. The van der Waals surface area contributed by atoms with Gasteiger partial charge in [0.05, 0.1) is 0 Å². The smallest absolute Gasteiger partial charge is 0.282 e. The molecule has 146 valence electrons. The van der Waals surface area contributed by atoms with Gasteiger partial charge in [0.25, 0.3) is 5.56 Å². The van der Waals surface area contributed by atoms with E-state index in [1.807, 2.05) is 16.7 Å². The highest BCUT2D eigenvalue weighted by atomic mass is 16.2. The fourth-order valence-corrected chi connectivity index (χ4v) is 3.65. The number of fused-ring (bicyclic) bond motifs is 3. The molecule has 0 fully saturated rings. The molecule has 1 N–H and O–H groups in total. The summed E-state index contributed by atoms with van der Waals surface area (Å²) in [7, 11) is 0. The maximum atomic E-state index is 12.8. The van der Waals surface area contributed by atoms with Crippen molar-refractivity contribution in [1.82, 2.24) is 24.4 Å². The fraction of sp³-hybridized carbons (Fsp3) is 0.429. The minimum Gasteiger partial charge on any atom is -0.350 e. The Bertz CT molecular complexity index is 1050. The number of benzene rings is 1. The third-order valence-corrected chi connectivity index (χ3v) is 5.32. The molecule has 0 aliphatic carbocycles. The first-order chi connectivity index (χ1) is 13.7. The predicted molar refractivity (Wildman–Crippen MR) is 107 cm³/mol. The van der Waals surface area contributed by atoms with Crippen LogP contribution < -0.4 is 10.9 Å². The number of carbonyl (C=O) groups is 1. The van der Waals surface area contributed by atoms with Crippen molar-refractivity contribution in [3.63, 3.8) is 0 Å². The van der Waals surface area contributed by atoms with Gasteiger partial charge >= 0.3 is 0 Å². The molecule has 0 unspecified atom stereocenters. The number of imidazole rings is 1. The van der Waals surface area contributed by atoms with Crippen molar-refractivity contribution < 1.29 is 4.79 Å². The minimum absolute atomic E-state index is 0.0585. The summed E-state index contributed by atoms with van der Waals surface area (Å²) in [5.74, 6) is 0.707. The molecular formula is C21H25N5O2. The minimum atomic E-state index is -0.256. The topological polar surface area (TPSA) is 81.8 Å². The van der Waals surface area contributed by atoms with E-state index in [0.717, 1.165) is 43.6 Å². The van der Waals surface area contributed by atoms with Crippen molar-refractivity contribution in [2.24, 2.45) is 0 Å². The van der Waals surface area contributed by atoms with E-state index in [1.165, 1.54) is 22.9 Å². The molecule has 0 radical (unpaired) electrons. The molecule has 1 aliphatic rings. The summed E-state index contributed by atoms with van der Waals surface area (Å²) >= 11 is 0. The number of amides is 1. The number of carbonyl (C=O) groups excluding carboxylic acids is 1. The summed E-state index contributed by atoms with van der Waals surface area (Å²) in [5.41, 5.74) is 3.04. The quantitative estimate of drug-likeness (QED) is 0.737. The Labute approximate surface area is 163 Å². The van der Waals surface area contributed by atoms with Gasteiger partial charge in [0, 0.05) is 19.5 Å². The molecule has 7 heteroatoms. The van der Waals surface area contributed by atoms with Crippen molar-refractivity contribution in [3.8, 4) is 0 Å². The van der Waals surface area contributed by atoms with Crippen LogP contribution in [0.15, 0.2) is 35.4 Å². The zero-order valence-corrected chi connectivity index (χ0v) is 16.1. The van der Waals surface area contributed by atoms with E-state index < -0.39 is 0 Å². The number of nitrogens with zero attached hydrogens (tertiary/aromatic N) is 4. The summed E-state index contributed by atoms with van der Waals surface area (Å²) in [6.45, 7) is 3.33. The lowest BCUT2D eigenvalue weighted by Gasteiger charge is -2.08. The van der Waals surface area contributed by atoms with Crippen LogP contribution in [0.1, 0.15) is 43.1 Å². The molecule has 1 amide bonds. The maximum absolute atomic E-state index is 12.8. The normalized spacial score (nSPS) is 13.9. The van der Waals surface area contributed by atoms with E-state index >= 15 is 0 Å². The summed E-state index contributed by atoms with van der Waals surface area (Å²) in [5, 5.41) is 2.87. The first kappa shape index (κ1) is 18.4. The van der Waals surface area contributed by atoms with Gasteiger partial charge in [0.15, 0.2) is 11.2 Å². The van der Waals surface area contributed by atoms with Crippen molar-refractivity contribution in [3.05, 3.63) is 57.9 Å². The number of nitrogens with one attached hydrogen (secondary N) is 1. The van der Waals surface area contributed by atoms with Gasteiger partial charge < -0.3 is 9.88 Å². The third kappa shape index (κ3) is 3.69. The zero-order chi connectivity index (χ0) is 19.5. The van der Waals surface area contributed by atoms with E-state index in [0.29, 0.717) is 17.7 Å². The van der Waals surface area contributed by atoms with Crippen molar-refractivity contribution >= 4 is 17.1 Å². The van der Waals surface area contributed by atoms with Gasteiger partial charge in [-0.2, -0.15) is 0 Å². The van der Waals surface area contributed by atoms with Gasteiger partial charge in [0.2, 0.25) is 5.91 Å². The van der Waals surface area contributed by atoms with Crippen LogP contribution in [0.4, 0.5) is 0 Å². The molecule has 0 saturated carbocycles. The second-order valence-corrected chi connectivity index (χ2v) is 7.29. The van der Waals surface area contributed by atoms with E-state index in [9.17, 15) is 9.59 Å². The summed E-state index contributed by atoms with van der Waals surface area (Å²) < 4.78 is 3.39. The van der Waals surface area contributed by atoms with E-state index in [2.05, 4.69) is 34.3 Å². The van der Waals surface area contributed by atoms with E-state index in [-0.39, 0.29) is 18.0 Å². The molecule has 0 saturated heterocycles. The van der Waals surface area contributed by atoms with Crippen LogP contribution in [-0.2, 0) is 37.3 Å². The molecule has 28 heavy (non-hydrogen) atoms. The van der Waals surface area contributed by atoms with Crippen LogP contribution in [0.2, 0.25) is 0 Å². The largest absolute Gasteiger partial charge is 0.350 e. The van der Waals surface area contributed by atoms with Gasteiger partial charge in [-0.15, -0.1) is 0 Å². The average Bonchev–Trinajstić information content (AvgIpc) is 2.91. The molecule has 1 aromatic carbocycles. The lowest BCUT2D eigenvalue weighted by atomic mass is 10.1. The monoisotopic (exact) mass is 379 g/mol. The van der Waals surface area contributed by atoms with Crippen LogP contribution in [0.5, 0.6) is 0 Å². The highest BCUT2D eigenvalue weighted by Crippen LogP contribution is 2.18. The number of hydrogen-bond donors (Lipinski definition) is 1. The number of hydrogen-bond acceptors (Lipinski definition) is 4. The Kier molecular flexibility index (Phi) is 5.23. The molecule has 3 aromatic rings. The Balaban J connectivity index is 1.47. The number of aryl methyl sites for hydroxylation is 3. The number of aromatic nitrogens is 4. The highest BCUT2D eigenvalue weighted by molar-refractivity contribution is 5.76. The fourth-order valence-electron chi connectivity index (χ4n) is 3.65. The summed E-state index contributed by atoms with van der Waals surface area (Å²) in [6, 6.07) is 8.15. The van der Waals surface area contributed by atoms with Crippen molar-refractivity contribution in [2.75, 3.05) is 0 Å². The Morgan fingerprint density at radius 1 is 1.14 bits per heavy atom. The zero-order valence-electron chi connectivity index (χ0n) is 16.1. The molecule has 0 spiro atoms. The second kappa shape index (κ2) is 7.96. The standard InChI is InChI=1S/C21H25N5O2/c1-2-15-7-9-16(10-8-15)12-22-18(27)13-25-14-23-20-19(21(25)28)24-17-6-4-3-5-11-26(17)20/h7-10,14H,2-6,11-13H2,1H3,(H,22,27). The average molecular weight is 379 g/mol. The Hall–Kier alpha value is -2.96. The Morgan fingerprint density at radius 2 is 1.93 bits per heavy atom. The summed E-state index contributed by atoms with van der Waals surface area (Å²) in [6.07, 6.45) is 6.64. The van der Waals surface area contributed by atoms with Crippen LogP contribution >= 0.6 is 0 Å². The van der Waals surface area contributed by atoms with Gasteiger partial charge in [-0.3, -0.25) is 14.2 Å². The molecule has 0 atom stereocenters. The summed E-state index contributed by atoms with van der Waals surface area (Å²) in [4.78, 5) is 34.0. The van der Waals surface area contributed by atoms with Gasteiger partial charge in [-0.1, -0.05) is 37.6 Å². The lowest BCUT2D eigenvalue weighted by Crippen LogP contribution is -2.32. The molecule has 0 bridgehead atoms. The van der Waals surface area contributed by atoms with Crippen LogP contribution in [0, 0.1) is 0 Å². The van der Waals surface area contributed by atoms with Crippen LogP contribution in [0.25, 0.3) is 11.2 Å². The highest BCUT2D eigenvalue weighted by Gasteiger charge is 2.18. The molecule has 1 aliphatic heterocycles. The van der Waals surface area contributed by atoms with Gasteiger partial charge in [-0.25, -0.2) is 9.97 Å². The van der Waals surface area contributed by atoms with Crippen molar-refractivity contribution in [2.45, 2.75) is 58.7 Å². The molecule has 4 rings (SSSR count). The molecule has 3 heterocycles. The Morgan fingerprint density at radius 3 is 2.71 bits per heavy atom. The van der Waals surface area contributed by atoms with E-state index in [4.69, 9.17) is 0 Å². The first-order valence-electron chi connectivity index (χ1n) is 9.94. The van der Waals surface area contributed by atoms with Crippen LogP contribution in [-0.4, -0.2) is 25.0 Å². The third-order valence-electron chi connectivity index (χ3n) is 5.32. The van der Waals surface area contributed by atoms with Crippen LogP contribution in [0.3, 0.4) is 0 Å². The van der Waals surface area contributed by atoms with Crippen molar-refractivity contribution in [1.29, 1.82) is 0 Å². The number of rotatable bonds is 5. The SMILES string of the molecule is CCc1ccc(CNC(=O)Cn2cnc3c(nc4n3CCCCC4)c2=O)cc1. The predicted octanol–water partition coefficient (Wildman–Crippen LogP) is 2.20. The van der Waals surface area contributed by atoms with Gasteiger partial charge in [0.1, 0.15) is 18.7 Å². The van der Waals surface area contributed by atoms with E-state index in [1.54, 1.807) is 0 Å². The molecule has 7 nitrogen and oxygen atoms in total. The maximum Gasteiger partial charge on any atom is 0.282 e.